The fourth-order valence-electron chi connectivity index (χ4n) is 0.610. The normalized spacial score (nSPS) is 7.40. The van der Waals surface area contributed by atoms with Crippen LogP contribution in [0.4, 0.5) is 5.69 Å². The smallest absolute Gasteiger partial charge is 0.0852 e. The van der Waals surface area contributed by atoms with E-state index >= 15 is 0 Å². The zero-order valence-corrected chi connectivity index (χ0v) is 11.3. The molecule has 0 N–H and O–H groups in total. The number of benzene rings is 1. The molecule has 0 aliphatic rings. The van der Waals surface area contributed by atoms with Gasteiger partial charge in [-0.2, -0.15) is 10.2 Å². The second-order valence-corrected chi connectivity index (χ2v) is 1.64. The summed E-state index contributed by atoms with van der Waals surface area (Å²) in [4.78, 5) is 0. The zero-order valence-electron chi connectivity index (χ0n) is 11.3. The highest BCUT2D eigenvalue weighted by Gasteiger charge is 1.80. The molecule has 0 radical (unpaired) electrons. The van der Waals surface area contributed by atoms with Crippen LogP contribution in [-0.2, 0) is 0 Å². The van der Waals surface area contributed by atoms with E-state index in [9.17, 15) is 0 Å². The van der Waals surface area contributed by atoms with Crippen LogP contribution in [0.15, 0.2) is 40.6 Å². The van der Waals surface area contributed by atoms with Crippen LogP contribution in [-0.4, -0.2) is 7.05 Å². The molecular formula is C13H26N2. The largest absolute Gasteiger partial charge is 0.192 e. The van der Waals surface area contributed by atoms with Crippen LogP contribution in [0.2, 0.25) is 0 Å². The summed E-state index contributed by atoms with van der Waals surface area (Å²) in [5, 5.41) is 7.46. The third kappa shape index (κ3) is 15.6. The summed E-state index contributed by atoms with van der Waals surface area (Å²) >= 11 is 0. The molecule has 0 bridgehead atoms. The molecule has 1 aromatic rings. The fraction of sp³-hybridized carbons (Fsp3) is 0.538. The summed E-state index contributed by atoms with van der Waals surface area (Å²) < 4.78 is 0. The van der Waals surface area contributed by atoms with Gasteiger partial charge in [0.05, 0.1) is 5.69 Å². The summed E-state index contributed by atoms with van der Waals surface area (Å²) in [5.74, 6) is 0. The van der Waals surface area contributed by atoms with E-state index in [1.165, 1.54) is 0 Å². The van der Waals surface area contributed by atoms with Gasteiger partial charge in [0.25, 0.3) is 0 Å². The van der Waals surface area contributed by atoms with Gasteiger partial charge in [-0.05, 0) is 12.1 Å². The number of nitrogens with zero attached hydrogens (tertiary/aromatic N) is 2. The molecule has 0 aromatic heterocycles. The van der Waals surface area contributed by atoms with Gasteiger partial charge in [-0.25, -0.2) is 0 Å². The first-order valence-electron chi connectivity index (χ1n) is 5.78. The van der Waals surface area contributed by atoms with Crippen LogP contribution in [0.1, 0.15) is 41.5 Å². The molecule has 0 unspecified atom stereocenters. The van der Waals surface area contributed by atoms with E-state index in [2.05, 4.69) is 10.2 Å². The van der Waals surface area contributed by atoms with Crippen molar-refractivity contribution in [3.63, 3.8) is 0 Å². The van der Waals surface area contributed by atoms with E-state index in [1.807, 2.05) is 71.9 Å². The number of hydrogen-bond donors (Lipinski definition) is 0. The molecule has 1 rings (SSSR count). The van der Waals surface area contributed by atoms with Crippen LogP contribution in [0.3, 0.4) is 0 Å². The van der Waals surface area contributed by atoms with E-state index in [0.717, 1.165) is 5.69 Å². The van der Waals surface area contributed by atoms with Gasteiger partial charge in [0.2, 0.25) is 0 Å². The first-order chi connectivity index (χ1) is 7.43. The highest BCUT2D eigenvalue weighted by molar-refractivity contribution is 5.34. The molecule has 2 nitrogen and oxygen atoms in total. The van der Waals surface area contributed by atoms with Gasteiger partial charge in [0.15, 0.2) is 0 Å². The summed E-state index contributed by atoms with van der Waals surface area (Å²) in [7, 11) is 1.66. The maximum Gasteiger partial charge on any atom is 0.0852 e. The van der Waals surface area contributed by atoms with Gasteiger partial charge in [-0.3, -0.25) is 0 Å². The standard InChI is InChI=1S/C7H8N2.3C2H6/c1-8-9-7-5-3-2-4-6-7;3*1-2/h2-6H,1H3;3*1-2H3. The summed E-state index contributed by atoms with van der Waals surface area (Å²) in [6, 6.07) is 9.64. The van der Waals surface area contributed by atoms with E-state index in [0.29, 0.717) is 0 Å². The molecule has 0 aliphatic carbocycles. The van der Waals surface area contributed by atoms with Crippen LogP contribution in [0, 0.1) is 0 Å². The van der Waals surface area contributed by atoms with Crippen molar-refractivity contribution in [3.8, 4) is 0 Å². The van der Waals surface area contributed by atoms with Crippen molar-refractivity contribution in [2.24, 2.45) is 10.2 Å². The predicted octanol–water partition coefficient (Wildman–Crippen LogP) is 5.48. The van der Waals surface area contributed by atoms with Crippen LogP contribution in [0.5, 0.6) is 0 Å². The van der Waals surface area contributed by atoms with Gasteiger partial charge in [0, 0.05) is 7.05 Å². The lowest BCUT2D eigenvalue weighted by Gasteiger charge is -1.85. The molecule has 0 heterocycles. The summed E-state index contributed by atoms with van der Waals surface area (Å²) in [5.41, 5.74) is 0.903. The molecule has 15 heavy (non-hydrogen) atoms. The lowest BCUT2D eigenvalue weighted by atomic mass is 10.3. The van der Waals surface area contributed by atoms with Gasteiger partial charge >= 0.3 is 0 Å². The minimum atomic E-state index is 0.903. The molecule has 0 amide bonds. The number of rotatable bonds is 1. The highest BCUT2D eigenvalue weighted by atomic mass is 15.1. The first kappa shape index (κ1) is 19.4. The summed E-state index contributed by atoms with van der Waals surface area (Å²) in [6.07, 6.45) is 0. The minimum absolute atomic E-state index is 0.903. The van der Waals surface area contributed by atoms with E-state index in [-0.39, 0.29) is 0 Å². The molecule has 1 aromatic carbocycles. The Hall–Kier alpha value is -1.18. The SMILES string of the molecule is CC.CC.CC.CN=Nc1ccccc1. The van der Waals surface area contributed by atoms with Gasteiger partial charge in [-0.1, -0.05) is 59.7 Å². The molecule has 0 saturated heterocycles. The van der Waals surface area contributed by atoms with Crippen molar-refractivity contribution in [1.82, 2.24) is 0 Å². The van der Waals surface area contributed by atoms with Crippen molar-refractivity contribution in [2.45, 2.75) is 41.5 Å². The Morgan fingerprint density at radius 2 is 1.13 bits per heavy atom. The number of azo groups is 1. The molecule has 0 fully saturated rings. The first-order valence-corrected chi connectivity index (χ1v) is 5.78. The molecule has 0 saturated carbocycles. The van der Waals surface area contributed by atoms with E-state index in [4.69, 9.17) is 0 Å². The maximum atomic E-state index is 3.83. The Labute approximate surface area is 95.5 Å². The fourth-order valence-corrected chi connectivity index (χ4v) is 0.610. The average molecular weight is 210 g/mol. The summed E-state index contributed by atoms with van der Waals surface area (Å²) in [6.45, 7) is 12.0. The Morgan fingerprint density at radius 3 is 1.47 bits per heavy atom. The van der Waals surface area contributed by atoms with Crippen molar-refractivity contribution < 1.29 is 0 Å². The monoisotopic (exact) mass is 210 g/mol. The van der Waals surface area contributed by atoms with Crippen molar-refractivity contribution in [2.75, 3.05) is 7.05 Å². The molecule has 0 aliphatic heterocycles. The lowest BCUT2D eigenvalue weighted by molar-refractivity contribution is 1.17. The zero-order chi connectivity index (χ0) is 12.5. The van der Waals surface area contributed by atoms with Crippen molar-refractivity contribution in [1.29, 1.82) is 0 Å². The Bertz CT molecular complexity index is 193. The van der Waals surface area contributed by atoms with Crippen molar-refractivity contribution >= 4 is 5.69 Å². The van der Waals surface area contributed by atoms with Crippen LogP contribution in [0.25, 0.3) is 0 Å². The highest BCUT2D eigenvalue weighted by Crippen LogP contribution is 2.08. The molecule has 0 atom stereocenters. The molecule has 0 spiro atoms. The van der Waals surface area contributed by atoms with Crippen LogP contribution >= 0.6 is 0 Å². The quantitative estimate of drug-likeness (QED) is 0.548. The number of hydrogen-bond acceptors (Lipinski definition) is 2. The van der Waals surface area contributed by atoms with Crippen LogP contribution < -0.4 is 0 Å². The molecule has 88 valence electrons. The topological polar surface area (TPSA) is 24.7 Å². The van der Waals surface area contributed by atoms with Gasteiger partial charge < -0.3 is 0 Å². The van der Waals surface area contributed by atoms with Gasteiger partial charge in [0.1, 0.15) is 0 Å². The second-order valence-electron chi connectivity index (χ2n) is 1.64. The lowest BCUT2D eigenvalue weighted by Crippen LogP contribution is -1.58. The van der Waals surface area contributed by atoms with Gasteiger partial charge in [-0.15, -0.1) is 0 Å². The third-order valence-electron chi connectivity index (χ3n) is 0.972. The van der Waals surface area contributed by atoms with E-state index in [1.54, 1.807) is 7.05 Å². The second kappa shape index (κ2) is 23.0. The van der Waals surface area contributed by atoms with Crippen molar-refractivity contribution in [3.05, 3.63) is 30.3 Å². The predicted molar refractivity (Wildman–Crippen MR) is 70.9 cm³/mol. The molecular weight excluding hydrogens is 184 g/mol. The minimum Gasteiger partial charge on any atom is -0.192 e. The Kier molecular flexibility index (Phi) is 29.8. The average Bonchev–Trinajstić information content (AvgIpc) is 2.38. The Balaban J connectivity index is -0.000000208. The van der Waals surface area contributed by atoms with E-state index < -0.39 is 0 Å². The Morgan fingerprint density at radius 1 is 0.733 bits per heavy atom. The maximum absolute atomic E-state index is 3.83. The third-order valence-corrected chi connectivity index (χ3v) is 0.972. The molecule has 2 heteroatoms.